The van der Waals surface area contributed by atoms with Crippen molar-refractivity contribution in [3.63, 3.8) is 0 Å². The number of pyridine rings is 1. The highest BCUT2D eigenvalue weighted by Gasteiger charge is 2.13. The topological polar surface area (TPSA) is 91.3 Å². The molecule has 2 N–H and O–H groups in total. The van der Waals surface area contributed by atoms with E-state index < -0.39 is 4.92 Å². The predicted molar refractivity (Wildman–Crippen MR) is 55.6 cm³/mol. The minimum Gasteiger partial charge on any atom is -0.477 e. The van der Waals surface area contributed by atoms with E-state index in [9.17, 15) is 10.1 Å². The Morgan fingerprint density at radius 1 is 1.60 bits per heavy atom. The molecule has 0 amide bonds. The highest BCUT2D eigenvalue weighted by molar-refractivity contribution is 5.53. The molecule has 82 valence electrons. The maximum Gasteiger partial charge on any atom is 0.311 e. The summed E-state index contributed by atoms with van der Waals surface area (Å²) in [6.07, 6.45) is 0. The number of nitrogens with two attached hydrogens (primary N) is 1. The highest BCUT2D eigenvalue weighted by atomic mass is 16.6. The van der Waals surface area contributed by atoms with E-state index in [2.05, 4.69) is 4.98 Å². The van der Waals surface area contributed by atoms with Gasteiger partial charge in [0.1, 0.15) is 0 Å². The molecule has 0 saturated heterocycles. The van der Waals surface area contributed by atoms with Crippen molar-refractivity contribution in [3.8, 4) is 5.88 Å². The normalized spacial score (nSPS) is 10.3. The largest absolute Gasteiger partial charge is 0.477 e. The van der Waals surface area contributed by atoms with E-state index in [4.69, 9.17) is 10.5 Å². The summed E-state index contributed by atoms with van der Waals surface area (Å²) in [5.74, 6) is 0.552. The molecule has 1 aromatic heterocycles. The zero-order valence-electron chi connectivity index (χ0n) is 8.64. The summed E-state index contributed by atoms with van der Waals surface area (Å²) in [5, 5.41) is 10.4. The summed E-state index contributed by atoms with van der Waals surface area (Å²) in [6.45, 7) is 4.49. The maximum atomic E-state index is 10.4. The van der Waals surface area contributed by atoms with E-state index >= 15 is 0 Å². The van der Waals surface area contributed by atoms with Crippen LogP contribution in [0.1, 0.15) is 13.8 Å². The van der Waals surface area contributed by atoms with E-state index in [-0.39, 0.29) is 11.5 Å². The van der Waals surface area contributed by atoms with Crippen molar-refractivity contribution in [2.45, 2.75) is 13.8 Å². The molecule has 6 nitrogen and oxygen atoms in total. The van der Waals surface area contributed by atoms with Crippen molar-refractivity contribution in [2.75, 3.05) is 12.3 Å². The lowest BCUT2D eigenvalue weighted by molar-refractivity contribution is -0.384. The van der Waals surface area contributed by atoms with Crippen molar-refractivity contribution >= 4 is 11.5 Å². The average molecular weight is 211 g/mol. The molecule has 1 heterocycles. The molecule has 1 rings (SSSR count). The molecule has 0 saturated carbocycles. The van der Waals surface area contributed by atoms with Gasteiger partial charge in [-0.2, -0.15) is 4.98 Å². The molecule has 0 atom stereocenters. The Morgan fingerprint density at radius 3 is 2.73 bits per heavy atom. The predicted octanol–water partition coefficient (Wildman–Crippen LogP) is 1.61. The quantitative estimate of drug-likeness (QED) is 0.603. The van der Waals surface area contributed by atoms with Gasteiger partial charge in [-0.3, -0.25) is 10.1 Å². The summed E-state index contributed by atoms with van der Waals surface area (Å²) in [7, 11) is 0. The second-order valence-electron chi connectivity index (χ2n) is 3.52. The first-order valence-corrected chi connectivity index (χ1v) is 4.54. The fraction of sp³-hybridized carbons (Fsp3) is 0.444. The van der Waals surface area contributed by atoms with Crippen molar-refractivity contribution in [3.05, 3.63) is 22.2 Å². The molecule has 0 spiro atoms. The average Bonchev–Trinajstić information content (AvgIpc) is 2.14. The van der Waals surface area contributed by atoms with Crippen LogP contribution >= 0.6 is 0 Å². The van der Waals surface area contributed by atoms with Crippen LogP contribution in [-0.2, 0) is 0 Å². The number of nitrogen functional groups attached to an aromatic ring is 1. The zero-order chi connectivity index (χ0) is 11.4. The third-order valence-electron chi connectivity index (χ3n) is 1.64. The summed E-state index contributed by atoms with van der Waals surface area (Å²) in [5.41, 5.74) is 5.19. The molecule has 1 aromatic rings. The number of nitro groups is 1. The summed E-state index contributed by atoms with van der Waals surface area (Å²) in [6, 6.07) is 2.73. The second-order valence-corrected chi connectivity index (χ2v) is 3.52. The summed E-state index contributed by atoms with van der Waals surface area (Å²) < 4.78 is 5.27. The molecular formula is C9H13N3O3. The molecule has 0 aliphatic rings. The van der Waals surface area contributed by atoms with Gasteiger partial charge in [0.05, 0.1) is 11.5 Å². The molecule has 0 aromatic carbocycles. The van der Waals surface area contributed by atoms with Gasteiger partial charge < -0.3 is 10.5 Å². The van der Waals surface area contributed by atoms with Gasteiger partial charge in [0.25, 0.3) is 0 Å². The maximum absolute atomic E-state index is 10.4. The molecular weight excluding hydrogens is 198 g/mol. The number of aromatic nitrogens is 1. The van der Waals surface area contributed by atoms with Gasteiger partial charge in [-0.05, 0) is 5.92 Å². The molecule has 0 bridgehead atoms. The van der Waals surface area contributed by atoms with E-state index in [1.165, 1.54) is 12.1 Å². The Balaban J connectivity index is 2.78. The molecule has 0 unspecified atom stereocenters. The lowest BCUT2D eigenvalue weighted by atomic mass is 10.2. The molecule has 0 aliphatic heterocycles. The third kappa shape index (κ3) is 3.08. The summed E-state index contributed by atoms with van der Waals surface area (Å²) >= 11 is 0. The highest BCUT2D eigenvalue weighted by Crippen LogP contribution is 2.21. The Bertz CT molecular complexity index is 366. The lowest BCUT2D eigenvalue weighted by Gasteiger charge is -2.07. The van der Waals surface area contributed by atoms with Crippen LogP contribution in [-0.4, -0.2) is 16.5 Å². The number of hydrogen-bond acceptors (Lipinski definition) is 5. The Kier molecular flexibility index (Phi) is 3.43. The molecule has 0 radical (unpaired) electrons. The Morgan fingerprint density at radius 2 is 2.27 bits per heavy atom. The van der Waals surface area contributed by atoms with Crippen LogP contribution in [0.4, 0.5) is 11.5 Å². The second kappa shape index (κ2) is 4.59. The van der Waals surface area contributed by atoms with Gasteiger partial charge in [0.15, 0.2) is 0 Å². The molecule has 0 aliphatic carbocycles. The van der Waals surface area contributed by atoms with Gasteiger partial charge in [0, 0.05) is 12.1 Å². The molecule has 0 fully saturated rings. The SMILES string of the molecule is CC(C)COc1ccc([N+](=O)[O-])c(N)n1. The summed E-state index contributed by atoms with van der Waals surface area (Å²) in [4.78, 5) is 13.6. The first-order chi connectivity index (χ1) is 7.00. The van der Waals surface area contributed by atoms with Crippen LogP contribution in [0.25, 0.3) is 0 Å². The van der Waals surface area contributed by atoms with Crippen LogP contribution in [0, 0.1) is 16.0 Å². The van der Waals surface area contributed by atoms with Crippen LogP contribution < -0.4 is 10.5 Å². The Hall–Kier alpha value is -1.85. The van der Waals surface area contributed by atoms with E-state index in [0.29, 0.717) is 18.4 Å². The van der Waals surface area contributed by atoms with Crippen LogP contribution in [0.15, 0.2) is 12.1 Å². The van der Waals surface area contributed by atoms with Crippen molar-refractivity contribution in [1.82, 2.24) is 4.98 Å². The van der Waals surface area contributed by atoms with Gasteiger partial charge >= 0.3 is 5.69 Å². The number of ether oxygens (including phenoxy) is 1. The fourth-order valence-electron chi connectivity index (χ4n) is 0.936. The number of hydrogen-bond donors (Lipinski definition) is 1. The Labute approximate surface area is 87.2 Å². The molecule has 15 heavy (non-hydrogen) atoms. The van der Waals surface area contributed by atoms with E-state index in [1.807, 2.05) is 13.8 Å². The standard InChI is InChI=1S/C9H13N3O3/c1-6(2)5-15-8-4-3-7(12(13)14)9(10)11-8/h3-4,6H,5H2,1-2H3,(H2,10,11). The number of nitrogens with zero attached hydrogens (tertiary/aromatic N) is 2. The van der Waals surface area contributed by atoms with Gasteiger partial charge in [-0.15, -0.1) is 0 Å². The number of anilines is 1. The lowest BCUT2D eigenvalue weighted by Crippen LogP contribution is -2.07. The van der Waals surface area contributed by atoms with Gasteiger partial charge in [0.2, 0.25) is 11.7 Å². The van der Waals surface area contributed by atoms with Crippen molar-refractivity contribution in [1.29, 1.82) is 0 Å². The minimum atomic E-state index is -0.575. The van der Waals surface area contributed by atoms with Crippen molar-refractivity contribution < 1.29 is 9.66 Å². The van der Waals surface area contributed by atoms with Crippen LogP contribution in [0.3, 0.4) is 0 Å². The van der Waals surface area contributed by atoms with E-state index in [1.54, 1.807) is 0 Å². The fourth-order valence-corrected chi connectivity index (χ4v) is 0.936. The zero-order valence-corrected chi connectivity index (χ0v) is 8.64. The van der Waals surface area contributed by atoms with Crippen molar-refractivity contribution in [2.24, 2.45) is 5.92 Å². The minimum absolute atomic E-state index is 0.124. The van der Waals surface area contributed by atoms with Gasteiger partial charge in [-0.1, -0.05) is 13.8 Å². The number of rotatable bonds is 4. The smallest absolute Gasteiger partial charge is 0.311 e. The van der Waals surface area contributed by atoms with E-state index in [0.717, 1.165) is 0 Å². The molecule has 6 heteroatoms. The third-order valence-corrected chi connectivity index (χ3v) is 1.64. The van der Waals surface area contributed by atoms with Crippen LogP contribution in [0.5, 0.6) is 5.88 Å². The van der Waals surface area contributed by atoms with Crippen LogP contribution in [0.2, 0.25) is 0 Å². The monoisotopic (exact) mass is 211 g/mol. The first kappa shape index (κ1) is 11.2. The van der Waals surface area contributed by atoms with Gasteiger partial charge in [-0.25, -0.2) is 0 Å². The first-order valence-electron chi connectivity index (χ1n) is 4.54.